The number of alkyl halides is 3. The third-order valence-corrected chi connectivity index (χ3v) is 5.19. The molecule has 1 amide bonds. The zero-order chi connectivity index (χ0) is 20.4. The van der Waals surface area contributed by atoms with Gasteiger partial charge in [-0.15, -0.1) is 0 Å². The minimum Gasteiger partial charge on any atom is -0.371 e. The van der Waals surface area contributed by atoms with E-state index in [0.29, 0.717) is 37.4 Å². The van der Waals surface area contributed by atoms with Gasteiger partial charge in [0, 0.05) is 30.1 Å². The number of halogens is 3. The van der Waals surface area contributed by atoms with Crippen molar-refractivity contribution in [3.05, 3.63) is 60.4 Å². The highest BCUT2D eigenvalue weighted by Crippen LogP contribution is 2.33. The zero-order valence-corrected chi connectivity index (χ0v) is 15.5. The topological polar surface area (TPSA) is 58.1 Å². The molecule has 0 unspecified atom stereocenters. The Hall–Kier alpha value is -3.16. The molecular weight excluding hydrogens is 381 g/mol. The zero-order valence-electron chi connectivity index (χ0n) is 15.5. The van der Waals surface area contributed by atoms with E-state index in [2.05, 4.69) is 15.3 Å². The first-order valence-electron chi connectivity index (χ1n) is 9.34. The first-order chi connectivity index (χ1) is 13.9. The molecule has 0 saturated carbocycles. The van der Waals surface area contributed by atoms with Crippen molar-refractivity contribution in [2.45, 2.75) is 19.0 Å². The lowest BCUT2D eigenvalue weighted by Crippen LogP contribution is -2.38. The second-order valence-corrected chi connectivity index (χ2v) is 7.04. The Labute approximate surface area is 165 Å². The molecule has 3 aromatic rings. The van der Waals surface area contributed by atoms with Gasteiger partial charge in [0.25, 0.3) is 0 Å². The summed E-state index contributed by atoms with van der Waals surface area (Å²) in [7, 11) is 0. The normalized spacial score (nSPS) is 15.5. The van der Waals surface area contributed by atoms with Crippen molar-refractivity contribution < 1.29 is 18.0 Å². The van der Waals surface area contributed by atoms with Crippen LogP contribution >= 0.6 is 0 Å². The number of aromatic nitrogens is 2. The third-order valence-electron chi connectivity index (χ3n) is 5.19. The van der Waals surface area contributed by atoms with Crippen LogP contribution in [0.3, 0.4) is 0 Å². The van der Waals surface area contributed by atoms with Crippen molar-refractivity contribution >= 4 is 28.3 Å². The van der Waals surface area contributed by atoms with Gasteiger partial charge >= 0.3 is 6.18 Å². The number of carbonyl (C=O) groups is 1. The Bertz CT molecular complexity index is 1020. The molecule has 1 N–H and O–H groups in total. The van der Waals surface area contributed by atoms with Gasteiger partial charge in [-0.1, -0.05) is 18.2 Å². The van der Waals surface area contributed by atoms with Crippen LogP contribution in [0.5, 0.6) is 0 Å². The Balaban J connectivity index is 1.41. The standard InChI is InChI=1S/C21H19F3N4O/c22-21(23,24)15-4-3-5-16(12-15)28-10-8-14(9-11-28)20(29)27-19-17-6-1-2-7-18(17)25-13-26-19/h1-7,12-14H,8-11H2,(H,25,26,27,29). The van der Waals surface area contributed by atoms with Crippen molar-refractivity contribution in [3.63, 3.8) is 0 Å². The number of para-hydroxylation sites is 1. The lowest BCUT2D eigenvalue weighted by Gasteiger charge is -2.33. The summed E-state index contributed by atoms with van der Waals surface area (Å²) in [4.78, 5) is 22.9. The van der Waals surface area contributed by atoms with Crippen LogP contribution in [-0.2, 0) is 11.0 Å². The SMILES string of the molecule is O=C(Nc1ncnc2ccccc12)C1CCN(c2cccc(C(F)(F)F)c2)CC1. The van der Waals surface area contributed by atoms with Crippen LogP contribution in [-0.4, -0.2) is 29.0 Å². The molecule has 5 nitrogen and oxygen atoms in total. The number of anilines is 2. The van der Waals surface area contributed by atoms with Crippen LogP contribution in [0.1, 0.15) is 18.4 Å². The van der Waals surface area contributed by atoms with Crippen LogP contribution in [0.25, 0.3) is 10.9 Å². The minimum absolute atomic E-state index is 0.127. The second kappa shape index (κ2) is 7.69. The largest absolute Gasteiger partial charge is 0.416 e. The number of nitrogens with one attached hydrogen (secondary N) is 1. The lowest BCUT2D eigenvalue weighted by molar-refractivity contribution is -0.137. The van der Waals surface area contributed by atoms with Gasteiger partial charge in [0.05, 0.1) is 11.1 Å². The maximum Gasteiger partial charge on any atom is 0.416 e. The summed E-state index contributed by atoms with van der Waals surface area (Å²) in [5.74, 6) is 0.129. The fourth-order valence-electron chi connectivity index (χ4n) is 3.60. The van der Waals surface area contributed by atoms with Gasteiger partial charge in [-0.2, -0.15) is 13.2 Å². The van der Waals surface area contributed by atoms with E-state index >= 15 is 0 Å². The molecule has 0 bridgehead atoms. The van der Waals surface area contributed by atoms with E-state index < -0.39 is 11.7 Å². The van der Waals surface area contributed by atoms with E-state index in [0.717, 1.165) is 23.0 Å². The molecule has 0 aliphatic carbocycles. The van der Waals surface area contributed by atoms with Gasteiger partial charge in [-0.3, -0.25) is 4.79 Å². The van der Waals surface area contributed by atoms with E-state index in [1.54, 1.807) is 6.07 Å². The molecule has 1 aromatic heterocycles. The van der Waals surface area contributed by atoms with Gasteiger partial charge < -0.3 is 10.2 Å². The summed E-state index contributed by atoms with van der Waals surface area (Å²) in [6.07, 6.45) is -1.83. The maximum absolute atomic E-state index is 12.9. The molecule has 2 heterocycles. The molecule has 150 valence electrons. The third kappa shape index (κ3) is 4.16. The predicted molar refractivity (Wildman–Crippen MR) is 105 cm³/mol. The van der Waals surface area contributed by atoms with Crippen molar-refractivity contribution in [2.24, 2.45) is 5.92 Å². The van der Waals surface area contributed by atoms with Gasteiger partial charge in [0.1, 0.15) is 12.1 Å². The highest BCUT2D eigenvalue weighted by Gasteiger charge is 2.31. The lowest BCUT2D eigenvalue weighted by atomic mass is 9.95. The molecule has 8 heteroatoms. The molecule has 1 saturated heterocycles. The maximum atomic E-state index is 12.9. The molecule has 2 aromatic carbocycles. The molecule has 4 rings (SSSR count). The monoisotopic (exact) mass is 400 g/mol. The van der Waals surface area contributed by atoms with Crippen molar-refractivity contribution in [1.82, 2.24) is 9.97 Å². The van der Waals surface area contributed by atoms with Gasteiger partial charge in [0.2, 0.25) is 5.91 Å². The van der Waals surface area contributed by atoms with E-state index in [-0.39, 0.29) is 11.8 Å². The molecule has 1 fully saturated rings. The second-order valence-electron chi connectivity index (χ2n) is 7.04. The van der Waals surface area contributed by atoms with Crippen LogP contribution in [0.2, 0.25) is 0 Å². The number of carbonyl (C=O) groups excluding carboxylic acids is 1. The number of piperidine rings is 1. The molecule has 0 atom stereocenters. The van der Waals surface area contributed by atoms with E-state index in [1.165, 1.54) is 12.4 Å². The van der Waals surface area contributed by atoms with E-state index in [4.69, 9.17) is 0 Å². The van der Waals surface area contributed by atoms with E-state index in [9.17, 15) is 18.0 Å². The summed E-state index contributed by atoms with van der Waals surface area (Å²) in [5, 5.41) is 3.65. The Morgan fingerprint density at radius 3 is 2.55 bits per heavy atom. The smallest absolute Gasteiger partial charge is 0.371 e. The van der Waals surface area contributed by atoms with Gasteiger partial charge in [-0.25, -0.2) is 9.97 Å². The van der Waals surface area contributed by atoms with Crippen molar-refractivity contribution in [3.8, 4) is 0 Å². The molecule has 0 radical (unpaired) electrons. The van der Waals surface area contributed by atoms with Crippen LogP contribution in [0.15, 0.2) is 54.9 Å². The Kier molecular flexibility index (Phi) is 5.08. The van der Waals surface area contributed by atoms with Gasteiger partial charge in [0.15, 0.2) is 0 Å². The molecule has 29 heavy (non-hydrogen) atoms. The average molecular weight is 400 g/mol. The number of fused-ring (bicyclic) bond motifs is 1. The predicted octanol–water partition coefficient (Wildman–Crippen LogP) is 4.50. The molecule has 1 aliphatic rings. The molecular formula is C21H19F3N4O. The quantitative estimate of drug-likeness (QED) is 0.703. The number of nitrogens with zero attached hydrogens (tertiary/aromatic N) is 3. The first kappa shape index (κ1) is 19.2. The first-order valence-corrected chi connectivity index (χ1v) is 9.34. The Morgan fingerprint density at radius 1 is 1.03 bits per heavy atom. The fourth-order valence-corrected chi connectivity index (χ4v) is 3.60. The minimum atomic E-state index is -4.37. The van der Waals surface area contributed by atoms with Gasteiger partial charge in [-0.05, 0) is 43.2 Å². The van der Waals surface area contributed by atoms with Crippen LogP contribution in [0, 0.1) is 5.92 Å². The summed E-state index contributed by atoms with van der Waals surface area (Å²) >= 11 is 0. The summed E-state index contributed by atoms with van der Waals surface area (Å²) in [6, 6.07) is 12.7. The highest BCUT2D eigenvalue weighted by molar-refractivity contribution is 5.99. The molecule has 1 aliphatic heterocycles. The summed E-state index contributed by atoms with van der Waals surface area (Å²) in [5.41, 5.74) is 0.614. The Morgan fingerprint density at radius 2 is 1.79 bits per heavy atom. The van der Waals surface area contributed by atoms with Crippen molar-refractivity contribution in [1.29, 1.82) is 0 Å². The summed E-state index contributed by atoms with van der Waals surface area (Å²) in [6.45, 7) is 1.04. The fraction of sp³-hybridized carbons (Fsp3) is 0.286. The number of amides is 1. The van der Waals surface area contributed by atoms with Crippen molar-refractivity contribution in [2.75, 3.05) is 23.3 Å². The number of hydrogen-bond acceptors (Lipinski definition) is 4. The number of benzene rings is 2. The number of rotatable bonds is 3. The van der Waals surface area contributed by atoms with Crippen LogP contribution < -0.4 is 10.2 Å². The average Bonchev–Trinajstić information content (AvgIpc) is 2.73. The van der Waals surface area contributed by atoms with E-state index in [1.807, 2.05) is 29.2 Å². The number of hydrogen-bond donors (Lipinski definition) is 1. The highest BCUT2D eigenvalue weighted by atomic mass is 19.4. The van der Waals surface area contributed by atoms with Crippen LogP contribution in [0.4, 0.5) is 24.7 Å². The summed E-state index contributed by atoms with van der Waals surface area (Å²) < 4.78 is 38.8. The molecule has 0 spiro atoms.